The average Bonchev–Trinajstić information content (AvgIpc) is 3.62. The van der Waals surface area contributed by atoms with Crippen LogP contribution >= 0.6 is 0 Å². The average molecular weight is 517 g/mol. The number of likely N-dealkylation sites (tertiary alicyclic amines) is 1. The van der Waals surface area contributed by atoms with Crippen molar-refractivity contribution in [3.05, 3.63) is 60.7 Å². The molecule has 1 N–H and O–H groups in total. The molecule has 2 aliphatic rings. The van der Waals surface area contributed by atoms with Gasteiger partial charge in [0.25, 0.3) is 0 Å². The molecule has 2 aromatic carbocycles. The summed E-state index contributed by atoms with van der Waals surface area (Å²) in [5.41, 5.74) is 2.84. The van der Waals surface area contributed by atoms with Gasteiger partial charge in [-0.15, -0.1) is 0 Å². The molecule has 8 heteroatoms. The predicted molar refractivity (Wildman–Crippen MR) is 146 cm³/mol. The molecule has 38 heavy (non-hydrogen) atoms. The molecule has 1 atom stereocenters. The Balaban J connectivity index is 1.30. The van der Waals surface area contributed by atoms with Crippen LogP contribution in [0.25, 0.3) is 33.6 Å². The molecule has 2 saturated heterocycles. The molecule has 0 unspecified atom stereocenters. The van der Waals surface area contributed by atoms with Gasteiger partial charge in [0.1, 0.15) is 24.5 Å². The summed E-state index contributed by atoms with van der Waals surface area (Å²) < 4.78 is 33.1. The first-order valence-corrected chi connectivity index (χ1v) is 13.6. The number of hydrogen-bond donors (Lipinski definition) is 1. The van der Waals surface area contributed by atoms with Gasteiger partial charge in [0.2, 0.25) is 5.71 Å². The lowest BCUT2D eigenvalue weighted by Gasteiger charge is -2.26. The van der Waals surface area contributed by atoms with Crippen LogP contribution in [0.1, 0.15) is 32.1 Å². The highest BCUT2D eigenvalue weighted by Gasteiger charge is 2.24. The summed E-state index contributed by atoms with van der Waals surface area (Å²) in [6, 6.07) is 14.9. The van der Waals surface area contributed by atoms with Gasteiger partial charge in [-0.05, 0) is 62.5 Å². The third-order valence-corrected chi connectivity index (χ3v) is 7.38. The first-order chi connectivity index (χ1) is 18.8. The topological polar surface area (TPSA) is 72.7 Å². The number of piperidine rings is 1. The van der Waals surface area contributed by atoms with E-state index in [-0.39, 0.29) is 11.9 Å². The van der Waals surface area contributed by atoms with E-state index in [9.17, 15) is 0 Å². The van der Waals surface area contributed by atoms with E-state index in [0.29, 0.717) is 36.0 Å². The van der Waals surface area contributed by atoms with Crippen LogP contribution in [0.4, 0.5) is 10.2 Å². The van der Waals surface area contributed by atoms with Gasteiger partial charge in [-0.3, -0.25) is 4.90 Å². The van der Waals surface area contributed by atoms with E-state index in [2.05, 4.69) is 20.2 Å². The quantitative estimate of drug-likeness (QED) is 0.286. The lowest BCUT2D eigenvalue weighted by Crippen LogP contribution is -2.33. The van der Waals surface area contributed by atoms with Crippen molar-refractivity contribution in [3.63, 3.8) is 0 Å². The molecule has 6 rings (SSSR count). The third kappa shape index (κ3) is 5.37. The van der Waals surface area contributed by atoms with E-state index in [1.165, 1.54) is 31.7 Å². The van der Waals surface area contributed by atoms with Gasteiger partial charge in [0, 0.05) is 30.8 Å². The summed E-state index contributed by atoms with van der Waals surface area (Å²) in [7, 11) is 0. The van der Waals surface area contributed by atoms with Crippen LogP contribution in [0.5, 0.6) is 5.75 Å². The molecule has 2 aromatic heterocycles. The predicted octanol–water partition coefficient (Wildman–Crippen LogP) is 6.15. The van der Waals surface area contributed by atoms with E-state index < -0.39 is 5.82 Å². The maximum atomic E-state index is 15.2. The number of halogens is 1. The maximum Gasteiger partial charge on any atom is 0.232 e. The molecule has 4 heterocycles. The van der Waals surface area contributed by atoms with Gasteiger partial charge in [-0.2, -0.15) is 0 Å². The summed E-state index contributed by atoms with van der Waals surface area (Å²) in [5, 5.41) is 4.21. The Morgan fingerprint density at radius 3 is 2.66 bits per heavy atom. The van der Waals surface area contributed by atoms with Crippen molar-refractivity contribution >= 4 is 16.9 Å². The number of anilines is 1. The van der Waals surface area contributed by atoms with Gasteiger partial charge in [0.05, 0.1) is 11.5 Å². The Morgan fingerprint density at radius 2 is 1.87 bits per heavy atom. The lowest BCUT2D eigenvalue weighted by molar-refractivity contribution is 0.120. The normalized spacial score (nSPS) is 18.2. The Bertz CT molecular complexity index is 1360. The second-order valence-corrected chi connectivity index (χ2v) is 9.99. The SMILES string of the molecule is Fc1cc(-c2oc3ncnc(NC[C@@H]4CCCO4)c3c2-c2ccccc2)ccc1OCCN1CCCCC1. The molecule has 0 amide bonds. The number of fused-ring (bicyclic) bond motifs is 1. The van der Waals surface area contributed by atoms with Gasteiger partial charge >= 0.3 is 0 Å². The summed E-state index contributed by atoms with van der Waals surface area (Å²) in [6.07, 6.45) is 7.47. The molecule has 2 aliphatic heterocycles. The summed E-state index contributed by atoms with van der Waals surface area (Å²) in [6.45, 7) is 4.90. The Morgan fingerprint density at radius 1 is 1.00 bits per heavy atom. The van der Waals surface area contributed by atoms with Crippen LogP contribution in [0, 0.1) is 5.82 Å². The van der Waals surface area contributed by atoms with Gasteiger partial charge in [-0.25, -0.2) is 14.4 Å². The highest BCUT2D eigenvalue weighted by molar-refractivity contribution is 6.05. The van der Waals surface area contributed by atoms with Crippen molar-refractivity contribution in [3.8, 4) is 28.2 Å². The smallest absolute Gasteiger partial charge is 0.232 e. The molecule has 4 aromatic rings. The molecular weight excluding hydrogens is 483 g/mol. The number of aromatic nitrogens is 2. The first-order valence-electron chi connectivity index (χ1n) is 13.6. The zero-order valence-electron chi connectivity index (χ0n) is 21.5. The molecular formula is C30H33FN4O3. The first kappa shape index (κ1) is 24.8. The fourth-order valence-electron chi connectivity index (χ4n) is 5.39. The van der Waals surface area contributed by atoms with Crippen LogP contribution in [0.3, 0.4) is 0 Å². The molecule has 0 aliphatic carbocycles. The molecule has 0 spiro atoms. The second kappa shape index (κ2) is 11.5. The van der Waals surface area contributed by atoms with Crippen molar-refractivity contribution < 1.29 is 18.3 Å². The largest absolute Gasteiger partial charge is 0.489 e. The number of furan rings is 1. The number of rotatable bonds is 9. The van der Waals surface area contributed by atoms with E-state index in [1.807, 2.05) is 36.4 Å². The third-order valence-electron chi connectivity index (χ3n) is 7.38. The van der Waals surface area contributed by atoms with Crippen molar-refractivity contribution in [1.29, 1.82) is 0 Å². The number of nitrogens with zero attached hydrogens (tertiary/aromatic N) is 3. The molecule has 0 radical (unpaired) electrons. The summed E-state index contributed by atoms with van der Waals surface area (Å²) in [4.78, 5) is 11.3. The molecule has 2 fully saturated rings. The van der Waals surface area contributed by atoms with Crippen LogP contribution in [0.2, 0.25) is 0 Å². The number of benzene rings is 2. The highest BCUT2D eigenvalue weighted by atomic mass is 19.1. The fraction of sp³-hybridized carbons (Fsp3) is 0.400. The Kier molecular flexibility index (Phi) is 7.51. The van der Waals surface area contributed by atoms with E-state index in [1.54, 1.807) is 6.07 Å². The van der Waals surface area contributed by atoms with Crippen LogP contribution in [0.15, 0.2) is 59.3 Å². The number of nitrogens with one attached hydrogen (secondary N) is 1. The summed E-state index contributed by atoms with van der Waals surface area (Å²) in [5.74, 6) is 1.06. The van der Waals surface area contributed by atoms with Crippen LogP contribution in [-0.4, -0.2) is 60.4 Å². The monoisotopic (exact) mass is 516 g/mol. The highest BCUT2D eigenvalue weighted by Crippen LogP contribution is 2.43. The van der Waals surface area contributed by atoms with Crippen molar-refractivity contribution in [2.45, 2.75) is 38.2 Å². The number of hydrogen-bond acceptors (Lipinski definition) is 7. The van der Waals surface area contributed by atoms with E-state index in [4.69, 9.17) is 13.9 Å². The lowest BCUT2D eigenvalue weighted by atomic mass is 9.99. The molecule has 7 nitrogen and oxygen atoms in total. The minimum atomic E-state index is -0.413. The standard InChI is InChI=1S/C30H33FN4O3/c31-24-18-22(11-12-25(24)37-17-15-35-13-5-2-6-14-35)28-26(21-8-3-1-4-9-21)27-29(33-20-34-30(27)38-28)32-19-23-10-7-16-36-23/h1,3-4,8-9,11-12,18,20,23H,2,5-7,10,13-17,19H2,(H,32,33,34)/t23-/m0/s1. The zero-order chi connectivity index (χ0) is 25.7. The second-order valence-electron chi connectivity index (χ2n) is 9.99. The molecule has 0 bridgehead atoms. The Hall–Kier alpha value is -3.49. The fourth-order valence-corrected chi connectivity index (χ4v) is 5.39. The van der Waals surface area contributed by atoms with Gasteiger partial charge in [0.15, 0.2) is 11.6 Å². The summed E-state index contributed by atoms with van der Waals surface area (Å²) >= 11 is 0. The van der Waals surface area contributed by atoms with Crippen molar-refractivity contribution in [2.75, 3.05) is 44.7 Å². The Labute approximate surface area is 222 Å². The molecule has 198 valence electrons. The van der Waals surface area contributed by atoms with E-state index >= 15 is 4.39 Å². The van der Waals surface area contributed by atoms with Gasteiger partial charge in [-0.1, -0.05) is 36.8 Å². The minimum absolute atomic E-state index is 0.156. The maximum absolute atomic E-state index is 15.2. The van der Waals surface area contributed by atoms with E-state index in [0.717, 1.165) is 55.6 Å². The van der Waals surface area contributed by atoms with Crippen molar-refractivity contribution in [1.82, 2.24) is 14.9 Å². The van der Waals surface area contributed by atoms with Crippen molar-refractivity contribution in [2.24, 2.45) is 0 Å². The zero-order valence-corrected chi connectivity index (χ0v) is 21.5. The van der Waals surface area contributed by atoms with Gasteiger partial charge < -0.3 is 19.2 Å². The minimum Gasteiger partial charge on any atom is -0.489 e. The van der Waals surface area contributed by atoms with Crippen LogP contribution in [-0.2, 0) is 4.74 Å². The number of ether oxygens (including phenoxy) is 2. The molecule has 0 saturated carbocycles. The van der Waals surface area contributed by atoms with Crippen LogP contribution < -0.4 is 10.1 Å².